The minimum atomic E-state index is -1.91. The van der Waals surface area contributed by atoms with Crippen LogP contribution >= 0.6 is 0 Å². The van der Waals surface area contributed by atoms with Crippen LogP contribution in [0.25, 0.3) is 0 Å². The van der Waals surface area contributed by atoms with E-state index in [9.17, 15) is 28.8 Å². The summed E-state index contributed by atoms with van der Waals surface area (Å²) in [6.45, 7) is 10.4. The van der Waals surface area contributed by atoms with E-state index in [0.717, 1.165) is 0 Å². The quantitative estimate of drug-likeness (QED) is 0.492. The van der Waals surface area contributed by atoms with Crippen molar-refractivity contribution in [1.82, 2.24) is 20.9 Å². The van der Waals surface area contributed by atoms with E-state index in [1.165, 1.54) is 4.90 Å². The van der Waals surface area contributed by atoms with Crippen molar-refractivity contribution in [3.63, 3.8) is 0 Å². The molecule has 0 aromatic rings. The average Bonchev–Trinajstić information content (AvgIpc) is 3.45. The molecule has 0 radical (unpaired) electrons. The summed E-state index contributed by atoms with van der Waals surface area (Å²) in [6.07, 6.45) is 1.12. The maximum Gasteiger partial charge on any atom is 0.258 e. The van der Waals surface area contributed by atoms with Crippen molar-refractivity contribution in [2.45, 2.75) is 84.1 Å². The van der Waals surface area contributed by atoms with Crippen molar-refractivity contribution in [3.8, 4) is 6.07 Å². The Morgan fingerprint density at radius 2 is 1.91 bits per heavy atom. The lowest BCUT2D eigenvalue weighted by atomic mass is 9.85. The van der Waals surface area contributed by atoms with Crippen LogP contribution in [0.15, 0.2) is 0 Å². The van der Waals surface area contributed by atoms with Gasteiger partial charge in [0.1, 0.15) is 18.1 Å². The van der Waals surface area contributed by atoms with Crippen LogP contribution in [-0.2, 0) is 19.2 Å². The summed E-state index contributed by atoms with van der Waals surface area (Å²) in [7, 11) is 0. The summed E-state index contributed by atoms with van der Waals surface area (Å²) in [5, 5.41) is 17.8. The van der Waals surface area contributed by atoms with Gasteiger partial charge >= 0.3 is 0 Å². The molecule has 2 aliphatic heterocycles. The van der Waals surface area contributed by atoms with Crippen LogP contribution < -0.4 is 16.0 Å². The van der Waals surface area contributed by atoms with Crippen LogP contribution in [-0.4, -0.2) is 65.4 Å². The summed E-state index contributed by atoms with van der Waals surface area (Å²) in [4.78, 5) is 53.1. The van der Waals surface area contributed by atoms with Gasteiger partial charge in [0.05, 0.1) is 6.07 Å². The molecule has 6 unspecified atom stereocenters. The molecule has 0 bridgehead atoms. The van der Waals surface area contributed by atoms with Crippen molar-refractivity contribution < 1.29 is 23.6 Å². The average molecular weight is 490 g/mol. The Bertz CT molecular complexity index is 979. The highest BCUT2D eigenvalue weighted by Gasteiger charge is 2.70. The molecule has 2 saturated carbocycles. The van der Waals surface area contributed by atoms with Gasteiger partial charge in [-0.25, -0.2) is 4.39 Å². The topological polar surface area (TPSA) is 131 Å². The van der Waals surface area contributed by atoms with Gasteiger partial charge in [0, 0.05) is 19.0 Å². The molecule has 9 nitrogen and oxygen atoms in total. The normalized spacial score (nSPS) is 31.5. The molecule has 4 aliphatic rings. The van der Waals surface area contributed by atoms with Crippen molar-refractivity contribution >= 4 is 23.6 Å². The highest BCUT2D eigenvalue weighted by Crippen LogP contribution is 2.65. The number of amides is 4. The summed E-state index contributed by atoms with van der Waals surface area (Å²) in [5.74, 6) is -2.03. The number of nitriles is 1. The summed E-state index contributed by atoms with van der Waals surface area (Å²) >= 11 is 0. The first-order chi connectivity index (χ1) is 16.2. The third-order valence-electron chi connectivity index (χ3n) is 8.40. The number of likely N-dealkylation sites (tertiary alicyclic amines) is 1. The smallest absolute Gasteiger partial charge is 0.258 e. The molecule has 2 heterocycles. The number of fused-ring (bicyclic) bond motifs is 1. The lowest BCUT2D eigenvalue weighted by Gasteiger charge is -2.38. The molecule has 4 rings (SSSR count). The van der Waals surface area contributed by atoms with Gasteiger partial charge < -0.3 is 20.9 Å². The first-order valence-electron chi connectivity index (χ1n) is 12.5. The summed E-state index contributed by atoms with van der Waals surface area (Å²) in [6, 6.07) is -0.560. The van der Waals surface area contributed by atoms with Crippen molar-refractivity contribution in [2.24, 2.45) is 28.6 Å². The number of piperidine rings is 1. The molecule has 4 amide bonds. The molecule has 6 atom stereocenters. The monoisotopic (exact) mass is 489 g/mol. The Hall–Kier alpha value is -2.70. The van der Waals surface area contributed by atoms with Crippen molar-refractivity contribution in [1.29, 1.82) is 5.26 Å². The van der Waals surface area contributed by atoms with Crippen molar-refractivity contribution in [2.75, 3.05) is 13.1 Å². The number of nitrogens with zero attached hydrogens (tertiary/aromatic N) is 2. The van der Waals surface area contributed by atoms with Gasteiger partial charge in [-0.2, -0.15) is 5.26 Å². The third kappa shape index (κ3) is 4.62. The molecule has 2 aliphatic carbocycles. The first kappa shape index (κ1) is 25.4. The Kier molecular flexibility index (Phi) is 6.13. The molecule has 4 fully saturated rings. The minimum absolute atomic E-state index is 0.0761. The summed E-state index contributed by atoms with van der Waals surface area (Å²) in [5.41, 5.74) is -2.75. The Balaban J connectivity index is 1.51. The molecule has 2 saturated heterocycles. The molecule has 192 valence electrons. The maximum atomic E-state index is 14.4. The molecule has 0 aromatic heterocycles. The van der Waals surface area contributed by atoms with Gasteiger partial charge in [-0.3, -0.25) is 19.2 Å². The van der Waals surface area contributed by atoms with E-state index in [1.807, 2.05) is 0 Å². The number of alkyl halides is 1. The van der Waals surface area contributed by atoms with Crippen LogP contribution in [0.1, 0.15) is 60.3 Å². The Labute approximate surface area is 205 Å². The van der Waals surface area contributed by atoms with Gasteiger partial charge in [0.15, 0.2) is 5.67 Å². The van der Waals surface area contributed by atoms with Gasteiger partial charge in [-0.15, -0.1) is 0 Å². The molecule has 0 spiro atoms. The lowest BCUT2D eigenvalue weighted by molar-refractivity contribution is -0.146. The van der Waals surface area contributed by atoms with Crippen LogP contribution in [0.4, 0.5) is 4.39 Å². The van der Waals surface area contributed by atoms with E-state index in [0.29, 0.717) is 19.5 Å². The van der Waals surface area contributed by atoms with E-state index in [2.05, 4.69) is 35.9 Å². The first-order valence-corrected chi connectivity index (χ1v) is 12.5. The van der Waals surface area contributed by atoms with Crippen molar-refractivity contribution in [3.05, 3.63) is 0 Å². The van der Waals surface area contributed by atoms with E-state index in [4.69, 9.17) is 0 Å². The highest BCUT2D eigenvalue weighted by atomic mass is 19.1. The van der Waals surface area contributed by atoms with E-state index < -0.39 is 46.9 Å². The zero-order chi connectivity index (χ0) is 25.9. The van der Waals surface area contributed by atoms with Gasteiger partial charge in [-0.1, -0.05) is 34.6 Å². The maximum absolute atomic E-state index is 14.4. The van der Waals surface area contributed by atoms with Crippen LogP contribution in [0.5, 0.6) is 0 Å². The molecular weight excluding hydrogens is 453 g/mol. The molecule has 3 N–H and O–H groups in total. The van der Waals surface area contributed by atoms with Gasteiger partial charge in [-0.05, 0) is 48.3 Å². The number of hydrogen-bond acceptors (Lipinski definition) is 5. The Morgan fingerprint density at radius 3 is 2.43 bits per heavy atom. The van der Waals surface area contributed by atoms with E-state index in [-0.39, 0.29) is 48.3 Å². The molecule has 35 heavy (non-hydrogen) atoms. The lowest BCUT2D eigenvalue weighted by Crippen LogP contribution is -2.60. The predicted octanol–water partition coefficient (Wildman–Crippen LogP) is 1.04. The van der Waals surface area contributed by atoms with Crippen LogP contribution in [0.2, 0.25) is 0 Å². The fourth-order valence-electron chi connectivity index (χ4n) is 5.78. The van der Waals surface area contributed by atoms with E-state index >= 15 is 0 Å². The molecular formula is C25H36FN5O4. The largest absolute Gasteiger partial charge is 0.356 e. The number of rotatable bonds is 7. The molecule has 0 aromatic carbocycles. The predicted molar refractivity (Wildman–Crippen MR) is 124 cm³/mol. The molecule has 10 heteroatoms. The second-order valence-electron chi connectivity index (χ2n) is 12.3. The number of nitrogens with one attached hydrogen (secondary N) is 3. The Morgan fingerprint density at radius 1 is 1.26 bits per heavy atom. The number of carbonyl (C=O) groups excluding carboxylic acids is 4. The number of carbonyl (C=O) groups is 4. The zero-order valence-corrected chi connectivity index (χ0v) is 21.1. The SMILES string of the molecule is CC(C)(C)C(NC(=O)C1(F)CC1)C(=O)N1CC2C(C1C(=O)NC(C#N)CC1CCNC1=O)C2(C)C. The van der Waals surface area contributed by atoms with Gasteiger partial charge in [0.25, 0.3) is 5.91 Å². The third-order valence-corrected chi connectivity index (χ3v) is 8.40. The summed E-state index contributed by atoms with van der Waals surface area (Å²) < 4.78 is 14.4. The standard InChI is InChI=1S/C25H36FN5O4/c1-23(2,3)18(30-22(35)25(26)7-8-25)21(34)31-12-15-16(24(15,4)5)17(31)20(33)29-14(11-27)10-13-6-9-28-19(13)32/h13-18H,6-10,12H2,1-5H3,(H,28,32)(H,29,33)(H,30,35). The van der Waals surface area contributed by atoms with Crippen LogP contribution in [0, 0.1) is 39.9 Å². The van der Waals surface area contributed by atoms with E-state index in [1.54, 1.807) is 20.8 Å². The second-order valence-corrected chi connectivity index (χ2v) is 12.3. The highest BCUT2D eigenvalue weighted by molar-refractivity contribution is 5.96. The number of hydrogen-bond donors (Lipinski definition) is 3. The minimum Gasteiger partial charge on any atom is -0.356 e. The van der Waals surface area contributed by atoms with Gasteiger partial charge in [0.2, 0.25) is 17.7 Å². The second kappa shape index (κ2) is 8.45. The zero-order valence-electron chi connectivity index (χ0n) is 21.1. The fraction of sp³-hybridized carbons (Fsp3) is 0.800. The van der Waals surface area contributed by atoms with Crippen LogP contribution in [0.3, 0.4) is 0 Å². The fourth-order valence-corrected chi connectivity index (χ4v) is 5.78. The number of halogens is 1.